The molecule has 0 saturated carbocycles. The van der Waals surface area contributed by atoms with E-state index in [1.807, 2.05) is 48.5 Å². The van der Waals surface area contributed by atoms with Gasteiger partial charge in [-0.15, -0.1) is 11.3 Å². The molecule has 5 rings (SSSR count). The molecule has 4 aromatic rings. The normalized spacial score (nSPS) is 15.2. The molecule has 1 saturated heterocycles. The number of carbonyl (C=O) groups excluding carboxylic acids is 2. The average Bonchev–Trinajstić information content (AvgIpc) is 3.41. The highest BCUT2D eigenvalue weighted by atomic mass is 32.1. The predicted octanol–water partition coefficient (Wildman–Crippen LogP) is 7.65. The highest BCUT2D eigenvalue weighted by Gasteiger charge is 2.51. The first-order valence-corrected chi connectivity index (χ1v) is 13.4. The summed E-state index contributed by atoms with van der Waals surface area (Å²) >= 11 is 1.62. The van der Waals surface area contributed by atoms with Crippen LogP contribution in [0.15, 0.2) is 104 Å². The SMILES string of the molecule is C=C/C=C(\C=C)Oc1ccccc1CN1C(=O)N(c2ccc(-c3nc4ccc(C)cc4s3)cc2)C(=O)C1(C)C. The number of imide groups is 1. The van der Waals surface area contributed by atoms with E-state index < -0.39 is 5.54 Å². The molecule has 1 aliphatic rings. The third-order valence-electron chi connectivity index (χ3n) is 6.75. The number of benzene rings is 3. The molecule has 0 bridgehead atoms. The largest absolute Gasteiger partial charge is 0.457 e. The van der Waals surface area contributed by atoms with Crippen molar-refractivity contribution in [3.8, 4) is 16.3 Å². The molecule has 0 aliphatic carbocycles. The van der Waals surface area contributed by atoms with Crippen molar-refractivity contribution >= 4 is 39.2 Å². The summed E-state index contributed by atoms with van der Waals surface area (Å²) in [5, 5.41) is 0.893. The summed E-state index contributed by atoms with van der Waals surface area (Å²) in [6, 6.07) is 20.7. The molecule has 0 unspecified atom stereocenters. The van der Waals surface area contributed by atoms with Gasteiger partial charge in [-0.1, -0.05) is 43.5 Å². The van der Waals surface area contributed by atoms with Crippen LogP contribution in [0.3, 0.4) is 0 Å². The van der Waals surface area contributed by atoms with Crippen LogP contribution in [0.5, 0.6) is 5.75 Å². The minimum absolute atomic E-state index is 0.200. The van der Waals surface area contributed by atoms with Crippen molar-refractivity contribution in [2.45, 2.75) is 32.9 Å². The van der Waals surface area contributed by atoms with Gasteiger partial charge in [-0.3, -0.25) is 4.79 Å². The van der Waals surface area contributed by atoms with E-state index in [0.29, 0.717) is 17.2 Å². The first-order chi connectivity index (χ1) is 18.7. The number of carbonyl (C=O) groups is 2. The minimum Gasteiger partial charge on any atom is -0.457 e. The van der Waals surface area contributed by atoms with Crippen LogP contribution in [0, 0.1) is 6.92 Å². The number of allylic oxidation sites excluding steroid dienone is 3. The van der Waals surface area contributed by atoms with Crippen LogP contribution in [-0.2, 0) is 11.3 Å². The van der Waals surface area contributed by atoms with Gasteiger partial charge in [0, 0.05) is 11.1 Å². The van der Waals surface area contributed by atoms with Crippen LogP contribution in [-0.4, -0.2) is 27.4 Å². The van der Waals surface area contributed by atoms with Gasteiger partial charge >= 0.3 is 6.03 Å². The van der Waals surface area contributed by atoms with Gasteiger partial charge < -0.3 is 9.64 Å². The lowest BCUT2D eigenvalue weighted by molar-refractivity contribution is -0.123. The highest BCUT2D eigenvalue weighted by molar-refractivity contribution is 7.21. The monoisotopic (exact) mass is 535 g/mol. The van der Waals surface area contributed by atoms with E-state index in [2.05, 4.69) is 26.1 Å². The summed E-state index contributed by atoms with van der Waals surface area (Å²) in [7, 11) is 0. The Hall–Kier alpha value is -4.49. The van der Waals surface area contributed by atoms with Crippen molar-refractivity contribution in [3.05, 3.63) is 115 Å². The van der Waals surface area contributed by atoms with Crippen molar-refractivity contribution in [2.24, 2.45) is 0 Å². The Kier molecular flexibility index (Phi) is 6.93. The fraction of sp³-hybridized carbons (Fsp3) is 0.156. The van der Waals surface area contributed by atoms with Crippen molar-refractivity contribution in [2.75, 3.05) is 4.90 Å². The summed E-state index contributed by atoms with van der Waals surface area (Å²) in [6.45, 7) is 13.3. The first-order valence-electron chi connectivity index (χ1n) is 12.6. The molecule has 39 heavy (non-hydrogen) atoms. The van der Waals surface area contributed by atoms with Gasteiger partial charge in [-0.2, -0.15) is 0 Å². The Labute approximate surface area is 232 Å². The molecule has 0 spiro atoms. The fourth-order valence-electron chi connectivity index (χ4n) is 4.53. The zero-order chi connectivity index (χ0) is 27.7. The second-order valence-electron chi connectivity index (χ2n) is 9.82. The number of rotatable bonds is 8. The molecule has 196 valence electrons. The van der Waals surface area contributed by atoms with Gasteiger partial charge in [0.25, 0.3) is 5.91 Å². The summed E-state index contributed by atoms with van der Waals surface area (Å²) < 4.78 is 7.13. The molecular formula is C32H29N3O3S. The standard InChI is InChI=1S/C32H29N3O3S/c1-6-10-25(7-2)38-27-12-9-8-11-23(27)20-34-31(37)35(30(36)32(34,4)5)24-16-14-22(15-17-24)29-33-26-18-13-21(3)19-28(26)39-29/h6-19H,1-2,20H2,3-5H3/b25-10+. The predicted molar refractivity (Wildman–Crippen MR) is 158 cm³/mol. The van der Waals surface area contributed by atoms with E-state index in [4.69, 9.17) is 9.72 Å². The molecule has 1 fully saturated rings. The quantitative estimate of drug-likeness (QED) is 0.132. The number of thiazole rings is 1. The van der Waals surface area contributed by atoms with E-state index in [0.717, 1.165) is 26.4 Å². The molecule has 1 aromatic heterocycles. The smallest absolute Gasteiger partial charge is 0.332 e. The molecule has 0 atom stereocenters. The van der Waals surface area contributed by atoms with E-state index >= 15 is 0 Å². The molecule has 2 heterocycles. The zero-order valence-corrected chi connectivity index (χ0v) is 23.0. The molecular weight excluding hydrogens is 506 g/mol. The lowest BCUT2D eigenvalue weighted by Crippen LogP contribution is -2.43. The number of hydrogen-bond donors (Lipinski definition) is 0. The lowest BCUT2D eigenvalue weighted by Gasteiger charge is -2.28. The maximum absolute atomic E-state index is 13.7. The third-order valence-corrected chi connectivity index (χ3v) is 7.82. The third kappa shape index (κ3) is 4.89. The van der Waals surface area contributed by atoms with Gasteiger partial charge in [0.15, 0.2) is 0 Å². The summed E-state index contributed by atoms with van der Waals surface area (Å²) in [4.78, 5) is 34.8. The number of hydrogen-bond acceptors (Lipinski definition) is 5. The summed E-state index contributed by atoms with van der Waals surface area (Å²) in [6.07, 6.45) is 4.92. The van der Waals surface area contributed by atoms with Crippen LogP contribution >= 0.6 is 11.3 Å². The Balaban J connectivity index is 1.41. The molecule has 0 N–H and O–H groups in total. The maximum atomic E-state index is 13.7. The van der Waals surface area contributed by atoms with E-state index in [9.17, 15) is 9.59 Å². The van der Waals surface area contributed by atoms with Crippen molar-refractivity contribution < 1.29 is 14.3 Å². The number of ether oxygens (including phenoxy) is 1. The van der Waals surface area contributed by atoms with E-state index in [1.54, 1.807) is 60.4 Å². The number of fused-ring (bicyclic) bond motifs is 1. The number of anilines is 1. The number of amides is 3. The highest BCUT2D eigenvalue weighted by Crippen LogP contribution is 2.37. The van der Waals surface area contributed by atoms with Gasteiger partial charge in [0.2, 0.25) is 0 Å². The Morgan fingerprint density at radius 1 is 1.05 bits per heavy atom. The van der Waals surface area contributed by atoms with Crippen molar-refractivity contribution in [1.29, 1.82) is 0 Å². The minimum atomic E-state index is -1.05. The number of nitrogens with zero attached hydrogens (tertiary/aromatic N) is 3. The number of aryl methyl sites for hydroxylation is 1. The van der Waals surface area contributed by atoms with Gasteiger partial charge in [0.1, 0.15) is 22.1 Å². The molecule has 1 aliphatic heterocycles. The van der Waals surface area contributed by atoms with Crippen LogP contribution in [0.4, 0.5) is 10.5 Å². The molecule has 3 aromatic carbocycles. The van der Waals surface area contributed by atoms with E-state index in [-0.39, 0.29) is 18.5 Å². The zero-order valence-electron chi connectivity index (χ0n) is 22.2. The van der Waals surface area contributed by atoms with Crippen LogP contribution in [0.2, 0.25) is 0 Å². The van der Waals surface area contributed by atoms with Crippen molar-refractivity contribution in [3.63, 3.8) is 0 Å². The van der Waals surface area contributed by atoms with Gasteiger partial charge in [-0.25, -0.2) is 14.7 Å². The second kappa shape index (κ2) is 10.3. The number of aromatic nitrogens is 1. The van der Waals surface area contributed by atoms with Crippen LogP contribution in [0.1, 0.15) is 25.0 Å². The number of urea groups is 1. The average molecular weight is 536 g/mol. The topological polar surface area (TPSA) is 62.7 Å². The fourth-order valence-corrected chi connectivity index (χ4v) is 5.60. The Bertz CT molecular complexity index is 1630. The van der Waals surface area contributed by atoms with Crippen molar-refractivity contribution in [1.82, 2.24) is 9.88 Å². The number of para-hydroxylation sites is 1. The lowest BCUT2D eigenvalue weighted by atomic mass is 10.0. The van der Waals surface area contributed by atoms with Crippen LogP contribution in [0.25, 0.3) is 20.8 Å². The maximum Gasteiger partial charge on any atom is 0.332 e. The molecule has 0 radical (unpaired) electrons. The second-order valence-corrected chi connectivity index (χ2v) is 10.9. The van der Waals surface area contributed by atoms with Gasteiger partial charge in [-0.05, 0) is 81.0 Å². The van der Waals surface area contributed by atoms with E-state index in [1.165, 1.54) is 10.5 Å². The summed E-state index contributed by atoms with van der Waals surface area (Å²) in [5.74, 6) is 0.827. The Morgan fingerprint density at radius 2 is 1.79 bits per heavy atom. The summed E-state index contributed by atoms with van der Waals surface area (Å²) in [5.41, 5.74) is 3.32. The first kappa shape index (κ1) is 26.1. The molecule has 7 heteroatoms. The molecule has 3 amide bonds. The van der Waals surface area contributed by atoms with Gasteiger partial charge in [0.05, 0.1) is 22.4 Å². The van der Waals surface area contributed by atoms with Crippen LogP contribution < -0.4 is 9.64 Å². The molecule has 6 nitrogen and oxygen atoms in total. The Morgan fingerprint density at radius 3 is 2.51 bits per heavy atom.